The molecule has 70 valence electrons. The number of para-hydroxylation sites is 1. The van der Waals surface area contributed by atoms with Crippen LogP contribution >= 0.6 is 11.6 Å². The summed E-state index contributed by atoms with van der Waals surface area (Å²) < 4.78 is 5.86. The lowest BCUT2D eigenvalue weighted by molar-refractivity contribution is 0.202. The molecular formula is C11H13ClO. The van der Waals surface area contributed by atoms with E-state index in [4.69, 9.17) is 16.3 Å². The lowest BCUT2D eigenvalue weighted by Crippen LogP contribution is -2.20. The molecule has 0 amide bonds. The van der Waals surface area contributed by atoms with Crippen molar-refractivity contribution >= 4 is 11.6 Å². The molecule has 0 N–H and O–H groups in total. The van der Waals surface area contributed by atoms with Crippen LogP contribution in [0, 0.1) is 6.92 Å². The summed E-state index contributed by atoms with van der Waals surface area (Å²) in [7, 11) is 0. The summed E-state index contributed by atoms with van der Waals surface area (Å²) in [6.07, 6.45) is 2.18. The number of benzene rings is 1. The topological polar surface area (TPSA) is 9.23 Å². The van der Waals surface area contributed by atoms with Crippen LogP contribution in [0.15, 0.2) is 24.3 Å². The summed E-state index contributed by atoms with van der Waals surface area (Å²) in [6.45, 7) is 2.06. The lowest BCUT2D eigenvalue weighted by Gasteiger charge is -2.16. The van der Waals surface area contributed by atoms with Gasteiger partial charge in [-0.1, -0.05) is 18.2 Å². The van der Waals surface area contributed by atoms with Crippen LogP contribution in [0.4, 0.5) is 0 Å². The zero-order valence-corrected chi connectivity index (χ0v) is 8.47. The Bertz CT molecular complexity index is 305. The van der Waals surface area contributed by atoms with Gasteiger partial charge in [0.15, 0.2) is 0 Å². The van der Waals surface area contributed by atoms with Gasteiger partial charge in [0.1, 0.15) is 11.4 Å². The Balaban J connectivity index is 2.14. The fraction of sp³-hybridized carbons (Fsp3) is 0.455. The Morgan fingerprint density at radius 2 is 2.08 bits per heavy atom. The highest BCUT2D eigenvalue weighted by Gasteiger charge is 2.44. The zero-order valence-electron chi connectivity index (χ0n) is 7.72. The van der Waals surface area contributed by atoms with E-state index in [9.17, 15) is 0 Å². The average Bonchev–Trinajstić information content (AvgIpc) is 2.90. The Hall–Kier alpha value is -0.690. The van der Waals surface area contributed by atoms with Gasteiger partial charge < -0.3 is 4.74 Å². The molecule has 2 rings (SSSR count). The van der Waals surface area contributed by atoms with Gasteiger partial charge in [-0.25, -0.2) is 0 Å². The normalized spacial score (nSPS) is 18.3. The van der Waals surface area contributed by atoms with E-state index in [2.05, 4.69) is 13.0 Å². The van der Waals surface area contributed by atoms with Gasteiger partial charge in [0.2, 0.25) is 0 Å². The van der Waals surface area contributed by atoms with Gasteiger partial charge in [-0.05, 0) is 31.4 Å². The van der Waals surface area contributed by atoms with E-state index < -0.39 is 0 Å². The molecule has 1 aliphatic carbocycles. The first-order valence-electron chi connectivity index (χ1n) is 4.56. The molecule has 0 aliphatic heterocycles. The standard InChI is InChI=1S/C11H13ClO/c1-9-4-2-3-5-10(9)13-11(8-12)6-7-11/h2-5H,6-8H2,1H3. The number of alkyl halides is 1. The molecule has 13 heavy (non-hydrogen) atoms. The van der Waals surface area contributed by atoms with Crippen LogP contribution in [0.2, 0.25) is 0 Å². The number of hydrogen-bond donors (Lipinski definition) is 0. The van der Waals surface area contributed by atoms with Crippen molar-refractivity contribution in [1.82, 2.24) is 0 Å². The minimum atomic E-state index is -0.0479. The molecular weight excluding hydrogens is 184 g/mol. The lowest BCUT2D eigenvalue weighted by atomic mass is 10.2. The molecule has 1 nitrogen and oxygen atoms in total. The fourth-order valence-corrected chi connectivity index (χ4v) is 1.63. The van der Waals surface area contributed by atoms with Gasteiger partial charge in [-0.2, -0.15) is 0 Å². The second-order valence-electron chi connectivity index (χ2n) is 3.68. The van der Waals surface area contributed by atoms with Crippen molar-refractivity contribution in [3.8, 4) is 5.75 Å². The van der Waals surface area contributed by atoms with Crippen molar-refractivity contribution in [3.63, 3.8) is 0 Å². The number of aryl methyl sites for hydroxylation is 1. The molecule has 0 aromatic heterocycles. The van der Waals surface area contributed by atoms with Crippen LogP contribution in [-0.2, 0) is 0 Å². The maximum absolute atomic E-state index is 5.86. The molecule has 1 saturated carbocycles. The first-order chi connectivity index (χ1) is 6.26. The Kier molecular flexibility index (Phi) is 2.20. The summed E-state index contributed by atoms with van der Waals surface area (Å²) >= 11 is 5.83. The molecule has 0 heterocycles. The van der Waals surface area contributed by atoms with Crippen molar-refractivity contribution in [1.29, 1.82) is 0 Å². The van der Waals surface area contributed by atoms with Crippen LogP contribution in [-0.4, -0.2) is 11.5 Å². The molecule has 1 aromatic rings. The zero-order chi connectivity index (χ0) is 9.31. The maximum Gasteiger partial charge on any atom is 0.123 e. The minimum absolute atomic E-state index is 0.0479. The smallest absolute Gasteiger partial charge is 0.123 e. The van der Waals surface area contributed by atoms with E-state index in [1.54, 1.807) is 0 Å². The molecule has 0 radical (unpaired) electrons. The molecule has 0 atom stereocenters. The monoisotopic (exact) mass is 196 g/mol. The van der Waals surface area contributed by atoms with E-state index in [1.807, 2.05) is 18.2 Å². The van der Waals surface area contributed by atoms with Crippen molar-refractivity contribution < 1.29 is 4.74 Å². The van der Waals surface area contributed by atoms with E-state index in [0.29, 0.717) is 5.88 Å². The second kappa shape index (κ2) is 3.22. The second-order valence-corrected chi connectivity index (χ2v) is 3.95. The first-order valence-corrected chi connectivity index (χ1v) is 5.10. The number of rotatable bonds is 3. The molecule has 1 fully saturated rings. The summed E-state index contributed by atoms with van der Waals surface area (Å²) in [5, 5.41) is 0. The van der Waals surface area contributed by atoms with Gasteiger partial charge in [0.05, 0.1) is 5.88 Å². The van der Waals surface area contributed by atoms with Crippen LogP contribution in [0.3, 0.4) is 0 Å². The minimum Gasteiger partial charge on any atom is -0.486 e. The number of halogens is 1. The van der Waals surface area contributed by atoms with Crippen molar-refractivity contribution in [2.75, 3.05) is 5.88 Å². The predicted molar refractivity (Wildman–Crippen MR) is 54.5 cm³/mol. The molecule has 0 unspecified atom stereocenters. The summed E-state index contributed by atoms with van der Waals surface area (Å²) in [4.78, 5) is 0. The summed E-state index contributed by atoms with van der Waals surface area (Å²) in [5.41, 5.74) is 1.13. The van der Waals surface area contributed by atoms with E-state index in [1.165, 1.54) is 5.56 Å². The van der Waals surface area contributed by atoms with Crippen molar-refractivity contribution in [2.45, 2.75) is 25.4 Å². The van der Waals surface area contributed by atoms with Gasteiger partial charge >= 0.3 is 0 Å². The van der Waals surface area contributed by atoms with Crippen LogP contribution in [0.5, 0.6) is 5.75 Å². The average molecular weight is 197 g/mol. The van der Waals surface area contributed by atoms with Crippen LogP contribution in [0.25, 0.3) is 0 Å². The predicted octanol–water partition coefficient (Wildman–Crippen LogP) is 3.15. The van der Waals surface area contributed by atoms with E-state index >= 15 is 0 Å². The third-order valence-corrected chi connectivity index (χ3v) is 2.96. The first kappa shape index (κ1) is 8.89. The van der Waals surface area contributed by atoms with Crippen LogP contribution < -0.4 is 4.74 Å². The highest BCUT2D eigenvalue weighted by atomic mass is 35.5. The van der Waals surface area contributed by atoms with Crippen LogP contribution in [0.1, 0.15) is 18.4 Å². The van der Waals surface area contributed by atoms with Gasteiger partial charge in [0, 0.05) is 0 Å². The van der Waals surface area contributed by atoms with E-state index in [0.717, 1.165) is 18.6 Å². The highest BCUT2D eigenvalue weighted by Crippen LogP contribution is 2.41. The largest absolute Gasteiger partial charge is 0.486 e. The molecule has 0 bridgehead atoms. The third kappa shape index (κ3) is 1.80. The summed E-state index contributed by atoms with van der Waals surface area (Å²) in [5.74, 6) is 1.57. The Labute approximate surface area is 83.7 Å². The number of hydrogen-bond acceptors (Lipinski definition) is 1. The fourth-order valence-electron chi connectivity index (χ4n) is 1.31. The van der Waals surface area contributed by atoms with Gasteiger partial charge in [0.25, 0.3) is 0 Å². The molecule has 2 heteroatoms. The molecule has 1 aromatic carbocycles. The third-order valence-electron chi connectivity index (χ3n) is 2.47. The maximum atomic E-state index is 5.86. The molecule has 0 spiro atoms. The number of ether oxygens (including phenoxy) is 1. The Morgan fingerprint density at radius 3 is 2.62 bits per heavy atom. The molecule has 0 saturated heterocycles. The Morgan fingerprint density at radius 1 is 1.38 bits per heavy atom. The molecule has 1 aliphatic rings. The van der Waals surface area contributed by atoms with Crippen molar-refractivity contribution in [2.24, 2.45) is 0 Å². The van der Waals surface area contributed by atoms with E-state index in [-0.39, 0.29) is 5.60 Å². The van der Waals surface area contributed by atoms with Gasteiger partial charge in [-0.3, -0.25) is 0 Å². The summed E-state index contributed by atoms with van der Waals surface area (Å²) in [6, 6.07) is 8.07. The quantitative estimate of drug-likeness (QED) is 0.675. The van der Waals surface area contributed by atoms with Crippen molar-refractivity contribution in [3.05, 3.63) is 29.8 Å². The highest BCUT2D eigenvalue weighted by molar-refractivity contribution is 6.18. The SMILES string of the molecule is Cc1ccccc1OC1(CCl)CC1. The van der Waals surface area contributed by atoms with Gasteiger partial charge in [-0.15, -0.1) is 11.6 Å².